The van der Waals surface area contributed by atoms with E-state index in [0.717, 1.165) is 0 Å². The molecule has 0 atom stereocenters. The average Bonchev–Trinajstić information content (AvgIpc) is 2.16. The molecule has 96 valence electrons. The summed E-state index contributed by atoms with van der Waals surface area (Å²) in [5.74, 6) is -0.414. The summed E-state index contributed by atoms with van der Waals surface area (Å²) in [5.41, 5.74) is 1.44. The van der Waals surface area contributed by atoms with Gasteiger partial charge in [-0.1, -0.05) is 25.4 Å². The van der Waals surface area contributed by atoms with Crippen LogP contribution in [0.15, 0.2) is 6.07 Å². The maximum atomic E-state index is 11.1. The van der Waals surface area contributed by atoms with Crippen LogP contribution in [0.25, 0.3) is 0 Å². The quantitative estimate of drug-likeness (QED) is 0.868. The molecule has 0 bridgehead atoms. The van der Waals surface area contributed by atoms with Crippen molar-refractivity contribution in [3.05, 3.63) is 27.8 Å². The third kappa shape index (κ3) is 3.50. The minimum Gasteiger partial charge on any atom is -0.507 e. The molecule has 0 aromatic heterocycles. The lowest BCUT2D eigenvalue weighted by Gasteiger charge is -2.15. The Morgan fingerprint density at radius 2 is 1.94 bits per heavy atom. The van der Waals surface area contributed by atoms with Crippen LogP contribution in [0.1, 0.15) is 36.5 Å². The third-order valence-corrected chi connectivity index (χ3v) is 3.94. The summed E-state index contributed by atoms with van der Waals surface area (Å²) in [6.45, 7) is 5.43. The van der Waals surface area contributed by atoms with E-state index in [1.165, 1.54) is 0 Å². The van der Waals surface area contributed by atoms with E-state index in [4.69, 9.17) is 22.3 Å². The highest BCUT2D eigenvalue weighted by Gasteiger charge is 2.20. The van der Waals surface area contributed by atoms with Crippen LogP contribution in [0.2, 0.25) is 5.02 Å². The van der Waals surface area contributed by atoms with Gasteiger partial charge in [0.05, 0.1) is 5.75 Å². The van der Waals surface area contributed by atoms with Crippen LogP contribution < -0.4 is 0 Å². The van der Waals surface area contributed by atoms with Gasteiger partial charge in [-0.05, 0) is 30.0 Å². The van der Waals surface area contributed by atoms with Crippen molar-refractivity contribution in [1.82, 2.24) is 0 Å². The van der Waals surface area contributed by atoms with E-state index >= 15 is 0 Å². The van der Waals surface area contributed by atoms with Gasteiger partial charge in [-0.3, -0.25) is 0 Å². The highest BCUT2D eigenvalue weighted by molar-refractivity contribution is 8.13. The second kappa shape index (κ2) is 5.04. The van der Waals surface area contributed by atoms with Crippen molar-refractivity contribution < 1.29 is 13.5 Å². The molecule has 0 aliphatic carbocycles. The van der Waals surface area contributed by atoms with E-state index in [-0.39, 0.29) is 17.2 Å². The molecule has 1 aromatic carbocycles. The molecule has 0 spiro atoms. The number of phenolic OH excluding ortho intramolecular Hbond substituents is 1. The van der Waals surface area contributed by atoms with Gasteiger partial charge >= 0.3 is 0 Å². The Labute approximate surface area is 111 Å². The molecule has 0 fully saturated rings. The van der Waals surface area contributed by atoms with Gasteiger partial charge in [0, 0.05) is 21.3 Å². The average molecular weight is 297 g/mol. The van der Waals surface area contributed by atoms with E-state index in [2.05, 4.69) is 0 Å². The SMILES string of the molecule is Cc1c(Cl)cc(C(C)C)c(O)c1CS(=O)(=O)Cl. The number of benzene rings is 1. The lowest BCUT2D eigenvalue weighted by molar-refractivity contribution is 0.459. The Kier molecular flexibility index (Phi) is 4.33. The second-order valence-corrected chi connectivity index (χ2v) is 7.42. The number of rotatable bonds is 3. The summed E-state index contributed by atoms with van der Waals surface area (Å²) in [6, 6.07) is 1.65. The van der Waals surface area contributed by atoms with Gasteiger partial charge in [0.15, 0.2) is 0 Å². The molecule has 0 heterocycles. The van der Waals surface area contributed by atoms with E-state index < -0.39 is 14.8 Å². The second-order valence-electron chi connectivity index (χ2n) is 4.24. The predicted octanol–water partition coefficient (Wildman–Crippen LogP) is 3.55. The Morgan fingerprint density at radius 1 is 1.41 bits per heavy atom. The van der Waals surface area contributed by atoms with Crippen LogP contribution in [-0.4, -0.2) is 13.5 Å². The van der Waals surface area contributed by atoms with E-state index in [0.29, 0.717) is 16.1 Å². The normalized spacial score (nSPS) is 12.1. The molecule has 0 aliphatic heterocycles. The zero-order chi connectivity index (χ0) is 13.4. The first kappa shape index (κ1) is 14.6. The van der Waals surface area contributed by atoms with E-state index in [1.807, 2.05) is 13.8 Å². The molecule has 0 amide bonds. The fraction of sp³-hybridized carbons (Fsp3) is 0.455. The fourth-order valence-electron chi connectivity index (χ4n) is 1.60. The first-order chi connectivity index (χ1) is 7.63. The zero-order valence-corrected chi connectivity index (χ0v) is 12.1. The van der Waals surface area contributed by atoms with Gasteiger partial charge in [0.1, 0.15) is 5.75 Å². The Morgan fingerprint density at radius 3 is 2.35 bits per heavy atom. The molecule has 6 heteroatoms. The smallest absolute Gasteiger partial charge is 0.236 e. The first-order valence-corrected chi connectivity index (χ1v) is 7.92. The van der Waals surface area contributed by atoms with Gasteiger partial charge in [-0.2, -0.15) is 0 Å². The number of halogens is 2. The van der Waals surface area contributed by atoms with Crippen molar-refractivity contribution in [1.29, 1.82) is 0 Å². The lowest BCUT2D eigenvalue weighted by Crippen LogP contribution is -2.02. The van der Waals surface area contributed by atoms with Crippen LogP contribution in [0, 0.1) is 6.92 Å². The molecule has 1 N–H and O–H groups in total. The molecule has 17 heavy (non-hydrogen) atoms. The van der Waals surface area contributed by atoms with Gasteiger partial charge in [0.25, 0.3) is 0 Å². The van der Waals surface area contributed by atoms with Crippen LogP contribution >= 0.6 is 22.3 Å². The topological polar surface area (TPSA) is 54.4 Å². The highest BCUT2D eigenvalue weighted by atomic mass is 35.7. The number of aromatic hydroxyl groups is 1. The van der Waals surface area contributed by atoms with Crippen molar-refractivity contribution in [2.45, 2.75) is 32.4 Å². The predicted molar refractivity (Wildman–Crippen MR) is 70.4 cm³/mol. The Balaban J connectivity index is 3.47. The standard InChI is InChI=1S/C11H14Cl2O3S/c1-6(2)8-4-10(12)7(3)9(11(8)14)5-17(13,15)16/h4,6,14H,5H2,1-3H3. The van der Waals surface area contributed by atoms with Crippen LogP contribution in [0.5, 0.6) is 5.75 Å². The molecule has 0 saturated heterocycles. The van der Waals surface area contributed by atoms with E-state index in [9.17, 15) is 13.5 Å². The summed E-state index contributed by atoms with van der Waals surface area (Å²) < 4.78 is 22.2. The van der Waals surface area contributed by atoms with Crippen LogP contribution in [0.3, 0.4) is 0 Å². The van der Waals surface area contributed by atoms with Gasteiger partial charge in [-0.15, -0.1) is 0 Å². The first-order valence-electron chi connectivity index (χ1n) is 5.06. The molecule has 1 rings (SSSR count). The van der Waals surface area contributed by atoms with Crippen molar-refractivity contribution in [2.75, 3.05) is 0 Å². The summed E-state index contributed by atoms with van der Waals surface area (Å²) >= 11 is 6.01. The Hall–Kier alpha value is -0.450. The molecule has 0 unspecified atom stereocenters. The number of hydrogen-bond acceptors (Lipinski definition) is 3. The number of hydrogen-bond donors (Lipinski definition) is 1. The van der Waals surface area contributed by atoms with Gasteiger partial charge in [-0.25, -0.2) is 8.42 Å². The maximum absolute atomic E-state index is 11.1. The van der Waals surface area contributed by atoms with Crippen molar-refractivity contribution in [3.63, 3.8) is 0 Å². The highest BCUT2D eigenvalue weighted by Crippen LogP contribution is 2.36. The van der Waals surface area contributed by atoms with Crippen LogP contribution in [-0.2, 0) is 14.8 Å². The third-order valence-electron chi connectivity index (χ3n) is 2.59. The molecule has 0 aliphatic rings. The maximum Gasteiger partial charge on any atom is 0.236 e. The molecular weight excluding hydrogens is 283 g/mol. The Bertz CT molecular complexity index is 536. The molecule has 0 radical (unpaired) electrons. The van der Waals surface area contributed by atoms with Crippen molar-refractivity contribution >= 4 is 31.3 Å². The minimum absolute atomic E-state index is 0.0360. The summed E-state index contributed by atoms with van der Waals surface area (Å²) in [6.07, 6.45) is 0. The van der Waals surface area contributed by atoms with Crippen molar-refractivity contribution in [2.24, 2.45) is 0 Å². The van der Waals surface area contributed by atoms with E-state index in [1.54, 1.807) is 13.0 Å². The van der Waals surface area contributed by atoms with Gasteiger partial charge in [0.2, 0.25) is 9.05 Å². The summed E-state index contributed by atoms with van der Waals surface area (Å²) in [7, 11) is 1.49. The summed E-state index contributed by atoms with van der Waals surface area (Å²) in [5, 5.41) is 10.5. The fourth-order valence-corrected chi connectivity index (χ4v) is 2.86. The number of phenols is 1. The molecule has 3 nitrogen and oxygen atoms in total. The molecule has 0 saturated carbocycles. The van der Waals surface area contributed by atoms with Gasteiger partial charge < -0.3 is 5.11 Å². The summed E-state index contributed by atoms with van der Waals surface area (Å²) in [4.78, 5) is 0. The van der Waals surface area contributed by atoms with Crippen molar-refractivity contribution in [3.8, 4) is 5.75 Å². The minimum atomic E-state index is -3.73. The molecular formula is C11H14Cl2O3S. The monoisotopic (exact) mass is 296 g/mol. The molecule has 1 aromatic rings. The largest absolute Gasteiger partial charge is 0.507 e. The lowest BCUT2D eigenvalue weighted by atomic mass is 9.96. The van der Waals surface area contributed by atoms with Crippen LogP contribution in [0.4, 0.5) is 0 Å². The zero-order valence-electron chi connectivity index (χ0n) is 9.79.